The number of rotatable bonds is 3. The van der Waals surface area contributed by atoms with Gasteiger partial charge in [0.1, 0.15) is 0 Å². The summed E-state index contributed by atoms with van der Waals surface area (Å²) in [7, 11) is 2.18. The Morgan fingerprint density at radius 2 is 1.88 bits per heavy atom. The monoisotopic (exact) mass is 234 g/mol. The van der Waals surface area contributed by atoms with Crippen LogP contribution < -0.4 is 5.73 Å². The number of benzene rings is 1. The topological polar surface area (TPSA) is 49.5 Å². The molecule has 3 heteroatoms. The van der Waals surface area contributed by atoms with E-state index in [0.29, 0.717) is 5.92 Å². The zero-order chi connectivity index (χ0) is 12.3. The van der Waals surface area contributed by atoms with E-state index in [1.54, 1.807) is 0 Å². The zero-order valence-electron chi connectivity index (χ0n) is 10.5. The summed E-state index contributed by atoms with van der Waals surface area (Å²) >= 11 is 0. The van der Waals surface area contributed by atoms with Crippen molar-refractivity contribution < 1.29 is 5.11 Å². The van der Waals surface area contributed by atoms with Gasteiger partial charge in [-0.15, -0.1) is 0 Å². The third-order valence-corrected chi connectivity index (χ3v) is 3.73. The van der Waals surface area contributed by atoms with Crippen molar-refractivity contribution in [1.82, 2.24) is 4.90 Å². The van der Waals surface area contributed by atoms with Crippen molar-refractivity contribution >= 4 is 0 Å². The lowest BCUT2D eigenvalue weighted by molar-refractivity contribution is 0.186. The third kappa shape index (κ3) is 3.06. The molecular formula is C14H22N2O. The molecule has 1 aromatic carbocycles. The van der Waals surface area contributed by atoms with Crippen LogP contribution in [-0.4, -0.2) is 36.7 Å². The summed E-state index contributed by atoms with van der Waals surface area (Å²) in [5.74, 6) is 0.676. The minimum Gasteiger partial charge on any atom is -0.387 e. The van der Waals surface area contributed by atoms with Gasteiger partial charge in [-0.1, -0.05) is 24.3 Å². The molecular weight excluding hydrogens is 212 g/mol. The Hall–Kier alpha value is -0.900. The molecule has 1 saturated heterocycles. The fourth-order valence-corrected chi connectivity index (χ4v) is 2.47. The maximum Gasteiger partial charge on any atom is 0.0912 e. The maximum atomic E-state index is 9.63. The summed E-state index contributed by atoms with van der Waals surface area (Å²) in [6.07, 6.45) is 1.94. The standard InChI is InChI=1S/C14H22N2O/c1-16-8-6-12(7-9-16)11-2-4-13(5-3-11)14(17)10-15/h2-5,12,14,17H,6-10,15H2,1H3. The highest BCUT2D eigenvalue weighted by molar-refractivity contribution is 5.27. The molecule has 3 N–H and O–H groups in total. The molecule has 0 aliphatic carbocycles. The van der Waals surface area contributed by atoms with E-state index < -0.39 is 6.10 Å². The molecule has 2 rings (SSSR count). The number of likely N-dealkylation sites (tertiary alicyclic amines) is 1. The molecule has 94 valence electrons. The number of aliphatic hydroxyl groups excluding tert-OH is 1. The van der Waals surface area contributed by atoms with Gasteiger partial charge in [0.05, 0.1) is 6.10 Å². The molecule has 1 aromatic rings. The van der Waals surface area contributed by atoms with Gasteiger partial charge in [-0.2, -0.15) is 0 Å². The van der Waals surface area contributed by atoms with Crippen molar-refractivity contribution in [3.8, 4) is 0 Å². The Morgan fingerprint density at radius 1 is 1.29 bits per heavy atom. The molecule has 1 atom stereocenters. The molecule has 0 saturated carbocycles. The van der Waals surface area contributed by atoms with Crippen molar-refractivity contribution in [1.29, 1.82) is 0 Å². The predicted molar refractivity (Wildman–Crippen MR) is 69.9 cm³/mol. The molecule has 1 aliphatic rings. The van der Waals surface area contributed by atoms with Crippen molar-refractivity contribution in [3.05, 3.63) is 35.4 Å². The van der Waals surface area contributed by atoms with E-state index in [9.17, 15) is 5.11 Å². The maximum absolute atomic E-state index is 9.63. The van der Waals surface area contributed by atoms with Gasteiger partial charge in [0, 0.05) is 6.54 Å². The Morgan fingerprint density at radius 3 is 2.41 bits per heavy atom. The van der Waals surface area contributed by atoms with Gasteiger partial charge in [-0.25, -0.2) is 0 Å². The average Bonchev–Trinajstić information content (AvgIpc) is 2.39. The molecule has 0 radical (unpaired) electrons. The first-order valence-corrected chi connectivity index (χ1v) is 6.37. The third-order valence-electron chi connectivity index (χ3n) is 3.73. The van der Waals surface area contributed by atoms with E-state index in [1.807, 2.05) is 12.1 Å². The van der Waals surface area contributed by atoms with E-state index in [0.717, 1.165) is 5.56 Å². The normalized spacial score (nSPS) is 20.4. The van der Waals surface area contributed by atoms with Crippen LogP contribution in [0.1, 0.15) is 36.0 Å². The number of nitrogens with two attached hydrogens (primary N) is 1. The summed E-state index contributed by atoms with van der Waals surface area (Å²) in [5, 5.41) is 9.63. The second-order valence-electron chi connectivity index (χ2n) is 5.00. The fourth-order valence-electron chi connectivity index (χ4n) is 2.47. The van der Waals surface area contributed by atoms with E-state index in [1.165, 1.54) is 31.5 Å². The quantitative estimate of drug-likeness (QED) is 0.833. The van der Waals surface area contributed by atoms with Crippen LogP contribution in [0, 0.1) is 0 Å². The van der Waals surface area contributed by atoms with Crippen LogP contribution in [0.3, 0.4) is 0 Å². The first kappa shape index (κ1) is 12.6. The van der Waals surface area contributed by atoms with Gasteiger partial charge >= 0.3 is 0 Å². The average molecular weight is 234 g/mol. The van der Waals surface area contributed by atoms with Gasteiger partial charge in [-0.3, -0.25) is 0 Å². The fraction of sp³-hybridized carbons (Fsp3) is 0.571. The Bertz CT molecular complexity index is 342. The van der Waals surface area contributed by atoms with Crippen LogP contribution in [0.5, 0.6) is 0 Å². The molecule has 0 amide bonds. The summed E-state index contributed by atoms with van der Waals surface area (Å²) < 4.78 is 0. The highest BCUT2D eigenvalue weighted by atomic mass is 16.3. The molecule has 3 nitrogen and oxygen atoms in total. The molecule has 0 spiro atoms. The SMILES string of the molecule is CN1CCC(c2ccc(C(O)CN)cc2)CC1. The molecule has 0 aromatic heterocycles. The highest BCUT2D eigenvalue weighted by Crippen LogP contribution is 2.28. The lowest BCUT2D eigenvalue weighted by atomic mass is 9.89. The van der Waals surface area contributed by atoms with Gasteiger partial charge in [0.2, 0.25) is 0 Å². The summed E-state index contributed by atoms with van der Waals surface area (Å²) in [4.78, 5) is 2.38. The lowest BCUT2D eigenvalue weighted by Gasteiger charge is -2.29. The minimum atomic E-state index is -0.526. The van der Waals surface area contributed by atoms with Crippen LogP contribution in [0.2, 0.25) is 0 Å². The van der Waals surface area contributed by atoms with Crippen molar-refractivity contribution in [2.75, 3.05) is 26.7 Å². The van der Waals surface area contributed by atoms with Crippen LogP contribution in [0.25, 0.3) is 0 Å². The summed E-state index contributed by atoms with van der Waals surface area (Å²) in [6, 6.07) is 8.30. The Labute approximate surface area is 103 Å². The molecule has 1 fully saturated rings. The molecule has 17 heavy (non-hydrogen) atoms. The molecule has 1 aliphatic heterocycles. The Balaban J connectivity index is 2.02. The highest BCUT2D eigenvalue weighted by Gasteiger charge is 2.18. The second kappa shape index (κ2) is 5.63. The number of nitrogens with zero attached hydrogens (tertiary/aromatic N) is 1. The van der Waals surface area contributed by atoms with Crippen molar-refractivity contribution in [2.45, 2.75) is 24.9 Å². The van der Waals surface area contributed by atoms with Crippen molar-refractivity contribution in [2.24, 2.45) is 5.73 Å². The van der Waals surface area contributed by atoms with Crippen LogP contribution in [0.4, 0.5) is 0 Å². The van der Waals surface area contributed by atoms with Crippen molar-refractivity contribution in [3.63, 3.8) is 0 Å². The Kier molecular flexibility index (Phi) is 4.15. The molecule has 1 heterocycles. The van der Waals surface area contributed by atoms with Gasteiger partial charge in [-0.05, 0) is 50.0 Å². The van der Waals surface area contributed by atoms with E-state index >= 15 is 0 Å². The largest absolute Gasteiger partial charge is 0.387 e. The summed E-state index contributed by atoms with van der Waals surface area (Å²) in [5.41, 5.74) is 7.76. The van der Waals surface area contributed by atoms with E-state index in [4.69, 9.17) is 5.73 Å². The lowest BCUT2D eigenvalue weighted by Crippen LogP contribution is -2.29. The number of hydrogen-bond acceptors (Lipinski definition) is 3. The second-order valence-corrected chi connectivity index (χ2v) is 5.00. The van der Waals surface area contributed by atoms with Crippen LogP contribution >= 0.6 is 0 Å². The van der Waals surface area contributed by atoms with E-state index in [2.05, 4.69) is 24.1 Å². The van der Waals surface area contributed by atoms with Gasteiger partial charge in [0.25, 0.3) is 0 Å². The van der Waals surface area contributed by atoms with Gasteiger partial charge < -0.3 is 15.7 Å². The van der Waals surface area contributed by atoms with E-state index in [-0.39, 0.29) is 6.54 Å². The first-order chi connectivity index (χ1) is 8.20. The predicted octanol–water partition coefficient (Wildman–Crippen LogP) is 1.49. The van der Waals surface area contributed by atoms with Crippen LogP contribution in [0.15, 0.2) is 24.3 Å². The van der Waals surface area contributed by atoms with Gasteiger partial charge in [0.15, 0.2) is 0 Å². The summed E-state index contributed by atoms with van der Waals surface area (Å²) in [6.45, 7) is 2.64. The first-order valence-electron chi connectivity index (χ1n) is 6.37. The molecule has 0 bridgehead atoms. The smallest absolute Gasteiger partial charge is 0.0912 e. The number of piperidine rings is 1. The molecule has 1 unspecified atom stereocenters. The number of hydrogen-bond donors (Lipinski definition) is 2. The zero-order valence-corrected chi connectivity index (χ0v) is 10.5. The number of aliphatic hydroxyl groups is 1. The van der Waals surface area contributed by atoms with Crippen LogP contribution in [-0.2, 0) is 0 Å². The minimum absolute atomic E-state index is 0.285.